The molecule has 1 aliphatic heterocycles. The van der Waals surface area contributed by atoms with Gasteiger partial charge in [-0.1, -0.05) is 12.1 Å². The highest BCUT2D eigenvalue weighted by Crippen LogP contribution is 2.32. The molecule has 1 fully saturated rings. The molecule has 3 nitrogen and oxygen atoms in total. The van der Waals surface area contributed by atoms with Gasteiger partial charge in [0.1, 0.15) is 0 Å². The van der Waals surface area contributed by atoms with Gasteiger partial charge in [0.2, 0.25) is 0 Å². The van der Waals surface area contributed by atoms with E-state index in [1.54, 1.807) is 6.92 Å². The highest BCUT2D eigenvalue weighted by molar-refractivity contribution is 5.29. The van der Waals surface area contributed by atoms with Gasteiger partial charge in [-0.25, -0.2) is 0 Å². The van der Waals surface area contributed by atoms with Gasteiger partial charge >= 0.3 is 6.18 Å². The molecule has 2 rings (SSSR count). The molecule has 1 heterocycles. The molecule has 0 bridgehead atoms. The smallest absolute Gasteiger partial charge is 0.384 e. The van der Waals surface area contributed by atoms with E-state index in [0.717, 1.165) is 12.1 Å². The van der Waals surface area contributed by atoms with Gasteiger partial charge < -0.3 is 9.84 Å². The second-order valence-corrected chi connectivity index (χ2v) is 5.77. The van der Waals surface area contributed by atoms with Gasteiger partial charge in [-0.15, -0.1) is 0 Å². The van der Waals surface area contributed by atoms with E-state index in [1.165, 1.54) is 12.1 Å². The number of nitrogens with zero attached hydrogens (tertiary/aromatic N) is 1. The summed E-state index contributed by atoms with van der Waals surface area (Å²) in [5.74, 6) is 0. The lowest BCUT2D eigenvalue weighted by molar-refractivity contribution is -0.137. The summed E-state index contributed by atoms with van der Waals surface area (Å²) in [6.07, 6.45) is -4.34. The van der Waals surface area contributed by atoms with E-state index in [0.29, 0.717) is 19.7 Å². The lowest BCUT2D eigenvalue weighted by Crippen LogP contribution is -2.47. The minimum Gasteiger partial charge on any atom is -0.384 e. The van der Waals surface area contributed by atoms with Crippen LogP contribution in [0.2, 0.25) is 0 Å². The SMILES string of the molecule is CC1CN(CC(C)(O)c2cccc(C(F)(F)F)c2)CCO1. The topological polar surface area (TPSA) is 32.7 Å². The fourth-order valence-electron chi connectivity index (χ4n) is 2.59. The Kier molecular flexibility index (Phi) is 4.60. The van der Waals surface area contributed by atoms with Crippen LogP contribution in [0.3, 0.4) is 0 Å². The van der Waals surface area contributed by atoms with Crippen LogP contribution in [-0.2, 0) is 16.5 Å². The summed E-state index contributed by atoms with van der Waals surface area (Å²) in [5.41, 5.74) is -1.80. The standard InChI is InChI=1S/C15H20F3NO2/c1-11-9-19(6-7-21-11)10-14(2,20)12-4-3-5-13(8-12)15(16,17)18/h3-5,8,11,20H,6-7,9-10H2,1-2H3. The average molecular weight is 303 g/mol. The number of halogens is 3. The van der Waals surface area contributed by atoms with Gasteiger partial charge in [0.05, 0.1) is 23.9 Å². The molecule has 0 aromatic heterocycles. The third-order valence-electron chi connectivity index (χ3n) is 3.67. The molecule has 0 spiro atoms. The first-order valence-electron chi connectivity index (χ1n) is 6.92. The van der Waals surface area contributed by atoms with E-state index in [4.69, 9.17) is 4.74 Å². The van der Waals surface area contributed by atoms with Crippen molar-refractivity contribution in [3.63, 3.8) is 0 Å². The lowest BCUT2D eigenvalue weighted by Gasteiger charge is -2.36. The summed E-state index contributed by atoms with van der Waals surface area (Å²) in [6.45, 7) is 5.66. The van der Waals surface area contributed by atoms with Gasteiger partial charge in [0.25, 0.3) is 0 Å². The molecule has 6 heteroatoms. The Hall–Kier alpha value is -1.11. The van der Waals surface area contributed by atoms with Crippen LogP contribution < -0.4 is 0 Å². The lowest BCUT2D eigenvalue weighted by atomic mass is 9.93. The van der Waals surface area contributed by atoms with Crippen LogP contribution in [0.5, 0.6) is 0 Å². The molecule has 21 heavy (non-hydrogen) atoms. The monoisotopic (exact) mass is 303 g/mol. The van der Waals surface area contributed by atoms with Crippen molar-refractivity contribution in [2.24, 2.45) is 0 Å². The summed E-state index contributed by atoms with van der Waals surface area (Å²) in [4.78, 5) is 2.01. The molecule has 0 amide bonds. The summed E-state index contributed by atoms with van der Waals surface area (Å²) in [7, 11) is 0. The summed E-state index contributed by atoms with van der Waals surface area (Å²) < 4.78 is 43.7. The van der Waals surface area contributed by atoms with Gasteiger partial charge in [-0.2, -0.15) is 13.2 Å². The van der Waals surface area contributed by atoms with Crippen molar-refractivity contribution < 1.29 is 23.0 Å². The van der Waals surface area contributed by atoms with Gasteiger partial charge in [0.15, 0.2) is 0 Å². The third-order valence-corrected chi connectivity index (χ3v) is 3.67. The number of alkyl halides is 3. The molecular formula is C15H20F3NO2. The molecule has 1 aromatic carbocycles. The van der Waals surface area contributed by atoms with Crippen LogP contribution in [0, 0.1) is 0 Å². The van der Waals surface area contributed by atoms with Crippen molar-refractivity contribution in [3.8, 4) is 0 Å². The number of morpholine rings is 1. The fraction of sp³-hybridized carbons (Fsp3) is 0.600. The zero-order valence-corrected chi connectivity index (χ0v) is 12.2. The molecule has 1 aliphatic rings. The van der Waals surface area contributed by atoms with Crippen molar-refractivity contribution in [1.82, 2.24) is 4.90 Å². The Balaban J connectivity index is 2.15. The first-order valence-corrected chi connectivity index (χ1v) is 6.92. The largest absolute Gasteiger partial charge is 0.416 e. The Bertz CT molecular complexity index is 488. The average Bonchev–Trinajstić information content (AvgIpc) is 2.37. The normalized spacial score (nSPS) is 23.8. The summed E-state index contributed by atoms with van der Waals surface area (Å²) >= 11 is 0. The van der Waals surface area contributed by atoms with Gasteiger partial charge in [-0.3, -0.25) is 4.90 Å². The number of hydrogen-bond donors (Lipinski definition) is 1. The number of rotatable bonds is 3. The summed E-state index contributed by atoms with van der Waals surface area (Å²) in [5, 5.41) is 10.6. The van der Waals surface area contributed by atoms with Gasteiger partial charge in [-0.05, 0) is 31.5 Å². The molecular weight excluding hydrogens is 283 g/mol. The molecule has 1 N–H and O–H groups in total. The molecule has 118 valence electrons. The molecule has 0 aliphatic carbocycles. The molecule has 0 saturated carbocycles. The van der Waals surface area contributed by atoms with E-state index in [-0.39, 0.29) is 18.2 Å². The van der Waals surface area contributed by atoms with Crippen LogP contribution >= 0.6 is 0 Å². The second kappa shape index (κ2) is 5.94. The molecule has 0 radical (unpaired) electrons. The van der Waals surface area contributed by atoms with Crippen LogP contribution in [0.4, 0.5) is 13.2 Å². The highest BCUT2D eigenvalue weighted by atomic mass is 19.4. The Labute approximate surface area is 122 Å². The van der Waals surface area contributed by atoms with Crippen LogP contribution in [0.1, 0.15) is 25.0 Å². The number of aliphatic hydroxyl groups is 1. The molecule has 2 atom stereocenters. The minimum absolute atomic E-state index is 0.0658. The van der Waals surface area contributed by atoms with E-state index in [2.05, 4.69) is 0 Å². The molecule has 1 aromatic rings. The number of ether oxygens (including phenoxy) is 1. The number of β-amino-alcohol motifs (C(OH)–C–C–N with tert-alkyl or cyclic N) is 1. The van der Waals surface area contributed by atoms with Crippen LogP contribution in [-0.4, -0.2) is 42.4 Å². The van der Waals surface area contributed by atoms with Crippen LogP contribution in [0.25, 0.3) is 0 Å². The Morgan fingerprint density at radius 2 is 2.00 bits per heavy atom. The minimum atomic E-state index is -4.40. The highest BCUT2D eigenvalue weighted by Gasteiger charge is 2.34. The number of hydrogen-bond acceptors (Lipinski definition) is 3. The van der Waals surface area contributed by atoms with E-state index in [1.807, 2.05) is 11.8 Å². The van der Waals surface area contributed by atoms with Crippen molar-refractivity contribution in [2.45, 2.75) is 31.7 Å². The van der Waals surface area contributed by atoms with Crippen molar-refractivity contribution in [2.75, 3.05) is 26.2 Å². The third kappa shape index (κ3) is 4.18. The van der Waals surface area contributed by atoms with Crippen LogP contribution in [0.15, 0.2) is 24.3 Å². The van der Waals surface area contributed by atoms with Crippen molar-refractivity contribution in [1.29, 1.82) is 0 Å². The van der Waals surface area contributed by atoms with Crippen molar-refractivity contribution in [3.05, 3.63) is 35.4 Å². The van der Waals surface area contributed by atoms with E-state index < -0.39 is 17.3 Å². The quantitative estimate of drug-likeness (QED) is 0.932. The van der Waals surface area contributed by atoms with Gasteiger partial charge in [0, 0.05) is 19.6 Å². The molecule has 2 unspecified atom stereocenters. The zero-order valence-electron chi connectivity index (χ0n) is 12.2. The second-order valence-electron chi connectivity index (χ2n) is 5.77. The number of benzene rings is 1. The summed E-state index contributed by atoms with van der Waals surface area (Å²) in [6, 6.07) is 4.88. The maximum absolute atomic E-state index is 12.8. The Morgan fingerprint density at radius 3 is 2.62 bits per heavy atom. The Morgan fingerprint density at radius 1 is 1.33 bits per heavy atom. The zero-order chi connectivity index (χ0) is 15.7. The van der Waals surface area contributed by atoms with Crippen molar-refractivity contribution >= 4 is 0 Å². The van der Waals surface area contributed by atoms with E-state index >= 15 is 0 Å². The maximum atomic E-state index is 12.8. The first kappa shape index (κ1) is 16.3. The van der Waals surface area contributed by atoms with E-state index in [9.17, 15) is 18.3 Å². The molecule has 1 saturated heterocycles. The maximum Gasteiger partial charge on any atom is 0.416 e. The predicted octanol–water partition coefficient (Wildman–Crippen LogP) is 2.63. The fourth-order valence-corrected chi connectivity index (χ4v) is 2.59. The predicted molar refractivity (Wildman–Crippen MR) is 72.9 cm³/mol. The first-order chi connectivity index (χ1) is 9.68.